The van der Waals surface area contributed by atoms with Crippen LogP contribution in [0.15, 0.2) is 24.3 Å². The molecule has 2 unspecified atom stereocenters. The van der Waals surface area contributed by atoms with Crippen LogP contribution in [0.1, 0.15) is 42.9 Å². The van der Waals surface area contributed by atoms with E-state index in [1.54, 1.807) is 0 Å². The molecule has 3 rings (SSSR count). The van der Waals surface area contributed by atoms with Gasteiger partial charge in [-0.2, -0.15) is 0 Å². The highest BCUT2D eigenvalue weighted by Gasteiger charge is 2.28. The molecule has 0 saturated carbocycles. The lowest BCUT2D eigenvalue weighted by Gasteiger charge is -2.26. The van der Waals surface area contributed by atoms with Crippen LogP contribution in [-0.4, -0.2) is 48.6 Å². The molecule has 21 heavy (non-hydrogen) atoms. The van der Waals surface area contributed by atoms with Crippen molar-refractivity contribution in [3.63, 3.8) is 0 Å². The van der Waals surface area contributed by atoms with Crippen LogP contribution in [0.5, 0.6) is 0 Å². The predicted molar refractivity (Wildman–Crippen MR) is 88.4 cm³/mol. The summed E-state index contributed by atoms with van der Waals surface area (Å²) in [5, 5.41) is 0. The minimum absolute atomic E-state index is 0.175. The molecule has 1 aromatic rings. The zero-order valence-corrected chi connectivity index (χ0v) is 13.3. The Balaban J connectivity index is 1.53. The van der Waals surface area contributed by atoms with E-state index in [0.29, 0.717) is 0 Å². The standard InChI is InChI=1S/C18H29N3/c1-15-6-2-3-8-17(15)18(19)9-13-20-10-5-12-21-11-4-7-16(21)14-20/h2-3,6,8,16,18H,4-5,7,9-14,19H2,1H3. The average Bonchev–Trinajstić information content (AvgIpc) is 2.83. The molecule has 2 heterocycles. The van der Waals surface area contributed by atoms with Gasteiger partial charge in [0.05, 0.1) is 0 Å². The molecule has 0 aromatic heterocycles. The molecule has 0 aliphatic carbocycles. The fourth-order valence-corrected chi connectivity index (χ4v) is 3.97. The number of rotatable bonds is 4. The van der Waals surface area contributed by atoms with Crippen LogP contribution in [0.2, 0.25) is 0 Å². The first kappa shape index (κ1) is 15.0. The van der Waals surface area contributed by atoms with Crippen LogP contribution < -0.4 is 5.73 Å². The van der Waals surface area contributed by atoms with Gasteiger partial charge in [0.15, 0.2) is 0 Å². The molecular formula is C18H29N3. The Morgan fingerprint density at radius 2 is 2.00 bits per heavy atom. The number of nitrogens with zero attached hydrogens (tertiary/aromatic N) is 2. The number of hydrogen-bond donors (Lipinski definition) is 1. The monoisotopic (exact) mass is 287 g/mol. The van der Waals surface area contributed by atoms with Gasteiger partial charge in [0, 0.05) is 25.2 Å². The summed E-state index contributed by atoms with van der Waals surface area (Å²) in [7, 11) is 0. The molecule has 2 aliphatic rings. The van der Waals surface area contributed by atoms with Crippen molar-refractivity contribution in [1.82, 2.24) is 9.80 Å². The van der Waals surface area contributed by atoms with Crippen molar-refractivity contribution in [2.45, 2.75) is 44.7 Å². The van der Waals surface area contributed by atoms with Gasteiger partial charge in [-0.3, -0.25) is 4.90 Å². The Morgan fingerprint density at radius 1 is 1.19 bits per heavy atom. The van der Waals surface area contributed by atoms with E-state index in [4.69, 9.17) is 5.73 Å². The van der Waals surface area contributed by atoms with Gasteiger partial charge in [0.2, 0.25) is 0 Å². The van der Waals surface area contributed by atoms with Crippen LogP contribution in [-0.2, 0) is 0 Å². The van der Waals surface area contributed by atoms with Crippen molar-refractivity contribution >= 4 is 0 Å². The summed E-state index contributed by atoms with van der Waals surface area (Å²) in [5.74, 6) is 0. The lowest BCUT2D eigenvalue weighted by Crippen LogP contribution is -2.37. The summed E-state index contributed by atoms with van der Waals surface area (Å²) in [6.07, 6.45) is 5.16. The molecule has 1 aromatic carbocycles. The molecule has 0 amide bonds. The van der Waals surface area contributed by atoms with Crippen molar-refractivity contribution in [2.75, 3.05) is 32.7 Å². The average molecular weight is 287 g/mol. The van der Waals surface area contributed by atoms with E-state index in [0.717, 1.165) is 19.0 Å². The van der Waals surface area contributed by atoms with Crippen molar-refractivity contribution in [1.29, 1.82) is 0 Å². The zero-order chi connectivity index (χ0) is 14.7. The van der Waals surface area contributed by atoms with Crippen LogP contribution in [0.3, 0.4) is 0 Å². The highest BCUT2D eigenvalue weighted by atomic mass is 15.3. The molecule has 3 heteroatoms. The molecule has 3 nitrogen and oxygen atoms in total. The van der Waals surface area contributed by atoms with Crippen molar-refractivity contribution in [3.05, 3.63) is 35.4 Å². The third-order valence-corrected chi connectivity index (χ3v) is 5.23. The second kappa shape index (κ2) is 6.91. The van der Waals surface area contributed by atoms with E-state index in [-0.39, 0.29) is 6.04 Å². The molecule has 0 radical (unpaired) electrons. The third-order valence-electron chi connectivity index (χ3n) is 5.23. The fraction of sp³-hybridized carbons (Fsp3) is 0.667. The Bertz CT molecular complexity index is 460. The summed E-state index contributed by atoms with van der Waals surface area (Å²) in [6.45, 7) is 8.41. The Hall–Kier alpha value is -0.900. The van der Waals surface area contributed by atoms with Gasteiger partial charge in [-0.15, -0.1) is 0 Å². The van der Waals surface area contributed by atoms with Crippen molar-refractivity contribution < 1.29 is 0 Å². The zero-order valence-electron chi connectivity index (χ0n) is 13.3. The number of benzene rings is 1. The maximum atomic E-state index is 6.42. The van der Waals surface area contributed by atoms with E-state index >= 15 is 0 Å². The third kappa shape index (κ3) is 3.65. The van der Waals surface area contributed by atoms with Crippen LogP contribution >= 0.6 is 0 Å². The van der Waals surface area contributed by atoms with Crippen molar-refractivity contribution in [3.8, 4) is 0 Å². The fourth-order valence-electron chi connectivity index (χ4n) is 3.97. The lowest BCUT2D eigenvalue weighted by molar-refractivity contribution is 0.216. The Labute approximate surface area is 129 Å². The molecule has 2 fully saturated rings. The molecule has 0 spiro atoms. The minimum Gasteiger partial charge on any atom is -0.324 e. The Morgan fingerprint density at radius 3 is 2.86 bits per heavy atom. The highest BCUT2D eigenvalue weighted by molar-refractivity contribution is 5.28. The topological polar surface area (TPSA) is 32.5 Å². The maximum Gasteiger partial charge on any atom is 0.0309 e. The molecule has 2 saturated heterocycles. The summed E-state index contributed by atoms with van der Waals surface area (Å²) in [4.78, 5) is 5.34. The molecular weight excluding hydrogens is 258 g/mol. The largest absolute Gasteiger partial charge is 0.324 e. The van der Waals surface area contributed by atoms with Gasteiger partial charge in [-0.05, 0) is 63.4 Å². The molecule has 116 valence electrons. The van der Waals surface area contributed by atoms with Gasteiger partial charge < -0.3 is 10.6 Å². The molecule has 2 aliphatic heterocycles. The van der Waals surface area contributed by atoms with Gasteiger partial charge >= 0.3 is 0 Å². The first-order valence-electron chi connectivity index (χ1n) is 8.51. The number of hydrogen-bond acceptors (Lipinski definition) is 3. The van der Waals surface area contributed by atoms with Gasteiger partial charge in [0.25, 0.3) is 0 Å². The van der Waals surface area contributed by atoms with Crippen molar-refractivity contribution in [2.24, 2.45) is 5.73 Å². The van der Waals surface area contributed by atoms with E-state index in [1.165, 1.54) is 56.6 Å². The van der Waals surface area contributed by atoms with E-state index in [9.17, 15) is 0 Å². The second-order valence-electron chi connectivity index (χ2n) is 6.74. The van der Waals surface area contributed by atoms with Gasteiger partial charge in [-0.25, -0.2) is 0 Å². The molecule has 2 N–H and O–H groups in total. The Kier molecular flexibility index (Phi) is 4.94. The summed E-state index contributed by atoms with van der Waals surface area (Å²) in [5.41, 5.74) is 9.06. The quantitative estimate of drug-likeness (QED) is 0.924. The van der Waals surface area contributed by atoms with Gasteiger partial charge in [-0.1, -0.05) is 24.3 Å². The summed E-state index contributed by atoms with van der Waals surface area (Å²) < 4.78 is 0. The number of nitrogens with two attached hydrogens (primary N) is 1. The number of fused-ring (bicyclic) bond motifs is 1. The summed E-state index contributed by atoms with van der Waals surface area (Å²) in [6, 6.07) is 9.52. The van der Waals surface area contributed by atoms with Crippen LogP contribution in [0.25, 0.3) is 0 Å². The smallest absolute Gasteiger partial charge is 0.0309 e. The highest BCUT2D eigenvalue weighted by Crippen LogP contribution is 2.23. The maximum absolute atomic E-state index is 6.42. The molecule has 0 bridgehead atoms. The second-order valence-corrected chi connectivity index (χ2v) is 6.74. The van der Waals surface area contributed by atoms with Gasteiger partial charge in [0.1, 0.15) is 0 Å². The lowest BCUT2D eigenvalue weighted by atomic mass is 9.99. The van der Waals surface area contributed by atoms with E-state index in [1.807, 2.05) is 0 Å². The first-order valence-corrected chi connectivity index (χ1v) is 8.51. The number of aryl methyl sites for hydroxylation is 1. The van der Waals surface area contributed by atoms with Crippen LogP contribution in [0, 0.1) is 6.92 Å². The van der Waals surface area contributed by atoms with E-state index in [2.05, 4.69) is 41.0 Å². The minimum atomic E-state index is 0.175. The summed E-state index contributed by atoms with van der Waals surface area (Å²) >= 11 is 0. The SMILES string of the molecule is Cc1ccccc1C(N)CCN1CCCN2CCCC2C1. The normalized spacial score (nSPS) is 25.5. The predicted octanol–water partition coefficient (Wildman–Crippen LogP) is 2.56. The van der Waals surface area contributed by atoms with Crippen LogP contribution in [0.4, 0.5) is 0 Å². The molecule has 2 atom stereocenters. The first-order chi connectivity index (χ1) is 10.2. The van der Waals surface area contributed by atoms with E-state index < -0.39 is 0 Å².